The van der Waals surface area contributed by atoms with Crippen molar-refractivity contribution in [2.45, 2.75) is 62.5 Å². The van der Waals surface area contributed by atoms with Gasteiger partial charge in [0.2, 0.25) is 0 Å². The number of carbonyl (C=O) groups excluding carboxylic acids is 1. The number of carbonyl (C=O) groups is 2. The second-order valence-electron chi connectivity index (χ2n) is 7.51. The molecular formula is C20H28O10. The summed E-state index contributed by atoms with van der Waals surface area (Å²) in [6.45, 7) is 0.705. The number of benzene rings is 1. The fourth-order valence-electron chi connectivity index (χ4n) is 3.16. The first-order valence-electron chi connectivity index (χ1n) is 9.54. The van der Waals surface area contributed by atoms with E-state index < -0.39 is 67.7 Å². The molecule has 1 aliphatic heterocycles. The minimum Gasteiger partial charge on any atom is -0.481 e. The van der Waals surface area contributed by atoms with Gasteiger partial charge in [0.1, 0.15) is 18.3 Å². The van der Waals surface area contributed by atoms with Gasteiger partial charge in [-0.05, 0) is 18.9 Å². The fourth-order valence-corrected chi connectivity index (χ4v) is 3.16. The van der Waals surface area contributed by atoms with Crippen LogP contribution in [0, 0.1) is 0 Å². The Morgan fingerprint density at radius 1 is 1.13 bits per heavy atom. The molecule has 0 unspecified atom stereocenters. The Labute approximate surface area is 173 Å². The van der Waals surface area contributed by atoms with Crippen LogP contribution >= 0.6 is 0 Å². The van der Waals surface area contributed by atoms with Gasteiger partial charge in [0, 0.05) is 0 Å². The highest BCUT2D eigenvalue weighted by Crippen LogP contribution is 2.26. The number of hydrogen-bond acceptors (Lipinski definition) is 9. The number of ether oxygens (including phenoxy) is 3. The van der Waals surface area contributed by atoms with Crippen molar-refractivity contribution >= 4 is 11.9 Å². The van der Waals surface area contributed by atoms with E-state index in [-0.39, 0.29) is 6.61 Å². The van der Waals surface area contributed by atoms with Crippen LogP contribution in [0.3, 0.4) is 0 Å². The van der Waals surface area contributed by atoms with Crippen LogP contribution in [0.5, 0.6) is 0 Å². The minimum absolute atomic E-state index is 0.161. The highest BCUT2D eigenvalue weighted by molar-refractivity contribution is 5.74. The average molecular weight is 428 g/mol. The van der Waals surface area contributed by atoms with Crippen LogP contribution in [0.15, 0.2) is 30.3 Å². The molecule has 1 fully saturated rings. The molecule has 0 bridgehead atoms. The van der Waals surface area contributed by atoms with Gasteiger partial charge in [0.25, 0.3) is 0 Å². The van der Waals surface area contributed by atoms with Crippen LogP contribution in [-0.2, 0) is 30.2 Å². The van der Waals surface area contributed by atoms with Gasteiger partial charge in [-0.25, -0.2) is 0 Å². The molecule has 10 nitrogen and oxygen atoms in total. The van der Waals surface area contributed by atoms with Crippen molar-refractivity contribution in [3.05, 3.63) is 35.9 Å². The Hall–Kier alpha value is -2.08. The molecule has 5 N–H and O–H groups in total. The van der Waals surface area contributed by atoms with Crippen molar-refractivity contribution in [2.75, 3.05) is 13.2 Å². The molecule has 10 heteroatoms. The second-order valence-corrected chi connectivity index (χ2v) is 7.51. The molecule has 0 saturated carbocycles. The van der Waals surface area contributed by atoms with E-state index in [1.807, 2.05) is 30.3 Å². The minimum atomic E-state index is -1.87. The summed E-state index contributed by atoms with van der Waals surface area (Å²) in [6.07, 6.45) is -7.89. The predicted octanol–water partition coefficient (Wildman–Crippen LogP) is -0.788. The van der Waals surface area contributed by atoms with Crippen LogP contribution in [-0.4, -0.2) is 87.0 Å². The summed E-state index contributed by atoms with van der Waals surface area (Å²) in [5.41, 5.74) is -0.878. The molecule has 1 aromatic carbocycles. The summed E-state index contributed by atoms with van der Waals surface area (Å²) >= 11 is 0. The molecule has 0 amide bonds. The number of aliphatic hydroxyl groups excluding tert-OH is 3. The molecule has 0 aliphatic carbocycles. The molecular weight excluding hydrogens is 400 g/mol. The van der Waals surface area contributed by atoms with E-state index in [4.69, 9.17) is 19.3 Å². The second kappa shape index (κ2) is 10.8. The lowest BCUT2D eigenvalue weighted by atomic mass is 9.97. The van der Waals surface area contributed by atoms with Crippen molar-refractivity contribution in [3.8, 4) is 0 Å². The smallest absolute Gasteiger partial charge is 0.309 e. The number of aliphatic carboxylic acids is 1. The lowest BCUT2D eigenvalue weighted by Gasteiger charge is -2.41. The Balaban J connectivity index is 1.98. The molecule has 1 aromatic rings. The lowest BCUT2D eigenvalue weighted by Crippen LogP contribution is -2.60. The maximum absolute atomic E-state index is 12.2. The standard InChI is InChI=1S/C20H28O10/c1-20(27,9-14(22)23)10-15(24)30-18-16(25)13(11-21)29-19(17(18)26)28-8-7-12-5-3-2-4-6-12/h2-6,13,16-19,21,25-27H,7-11H2,1H3,(H,22,23)/t13-,16-,17-,18+,19-,20+/m1/s1. The zero-order valence-electron chi connectivity index (χ0n) is 16.6. The normalized spacial score (nSPS) is 28.5. The topological polar surface area (TPSA) is 163 Å². The molecule has 0 spiro atoms. The molecule has 2 rings (SSSR count). The highest BCUT2D eigenvalue weighted by atomic mass is 16.7. The van der Waals surface area contributed by atoms with Gasteiger partial charge in [-0.2, -0.15) is 0 Å². The molecule has 0 radical (unpaired) electrons. The summed E-state index contributed by atoms with van der Waals surface area (Å²) in [4.78, 5) is 22.9. The van der Waals surface area contributed by atoms with Gasteiger partial charge in [0.05, 0.1) is 31.7 Å². The third kappa shape index (κ3) is 7.01. The average Bonchev–Trinajstić information content (AvgIpc) is 2.66. The summed E-state index contributed by atoms with van der Waals surface area (Å²) in [5.74, 6) is -2.32. The number of aliphatic hydroxyl groups is 4. The van der Waals surface area contributed by atoms with Crippen molar-refractivity contribution in [2.24, 2.45) is 0 Å². The van der Waals surface area contributed by atoms with Crippen LogP contribution in [0.4, 0.5) is 0 Å². The Morgan fingerprint density at radius 3 is 2.40 bits per heavy atom. The first-order chi connectivity index (χ1) is 14.1. The summed E-state index contributed by atoms with van der Waals surface area (Å²) in [5, 5.41) is 49.0. The number of hydrogen-bond donors (Lipinski definition) is 5. The molecule has 0 aromatic heterocycles. The highest BCUT2D eigenvalue weighted by Gasteiger charge is 2.47. The van der Waals surface area contributed by atoms with Crippen molar-refractivity contribution in [3.63, 3.8) is 0 Å². The van der Waals surface area contributed by atoms with E-state index >= 15 is 0 Å². The molecule has 168 valence electrons. The number of carboxylic acid groups (broad SMARTS) is 1. The van der Waals surface area contributed by atoms with E-state index in [0.29, 0.717) is 6.42 Å². The molecule has 1 saturated heterocycles. The van der Waals surface area contributed by atoms with Gasteiger partial charge >= 0.3 is 11.9 Å². The van der Waals surface area contributed by atoms with Crippen LogP contribution in [0.1, 0.15) is 25.3 Å². The monoisotopic (exact) mass is 428 g/mol. The van der Waals surface area contributed by atoms with Crippen molar-refractivity contribution in [1.82, 2.24) is 0 Å². The summed E-state index contributed by atoms with van der Waals surface area (Å²) < 4.78 is 16.0. The van der Waals surface area contributed by atoms with Crippen LogP contribution < -0.4 is 0 Å². The van der Waals surface area contributed by atoms with Gasteiger partial charge in [0.15, 0.2) is 12.4 Å². The van der Waals surface area contributed by atoms with Crippen molar-refractivity contribution in [1.29, 1.82) is 0 Å². The summed E-state index contributed by atoms with van der Waals surface area (Å²) in [7, 11) is 0. The number of esters is 1. The molecule has 1 heterocycles. The quantitative estimate of drug-likeness (QED) is 0.299. The third-order valence-corrected chi connectivity index (χ3v) is 4.66. The Kier molecular flexibility index (Phi) is 8.71. The molecule has 6 atom stereocenters. The van der Waals surface area contributed by atoms with Gasteiger partial charge < -0.3 is 39.7 Å². The fraction of sp³-hybridized carbons (Fsp3) is 0.600. The van der Waals surface area contributed by atoms with Crippen molar-refractivity contribution < 1.29 is 49.3 Å². The Bertz CT molecular complexity index is 692. The maximum Gasteiger partial charge on any atom is 0.309 e. The zero-order valence-corrected chi connectivity index (χ0v) is 16.6. The van der Waals surface area contributed by atoms with Crippen LogP contribution in [0.2, 0.25) is 0 Å². The van der Waals surface area contributed by atoms with E-state index in [2.05, 4.69) is 0 Å². The Morgan fingerprint density at radius 2 is 1.80 bits per heavy atom. The lowest BCUT2D eigenvalue weighted by molar-refractivity contribution is -0.303. The summed E-state index contributed by atoms with van der Waals surface area (Å²) in [6, 6.07) is 9.41. The van der Waals surface area contributed by atoms with E-state index in [9.17, 15) is 30.0 Å². The van der Waals surface area contributed by atoms with Gasteiger partial charge in [-0.1, -0.05) is 30.3 Å². The molecule has 30 heavy (non-hydrogen) atoms. The van der Waals surface area contributed by atoms with E-state index in [1.54, 1.807) is 0 Å². The first kappa shape index (κ1) is 24.2. The molecule has 1 aliphatic rings. The van der Waals surface area contributed by atoms with E-state index in [1.165, 1.54) is 0 Å². The van der Waals surface area contributed by atoms with Gasteiger partial charge in [-0.3, -0.25) is 9.59 Å². The predicted molar refractivity (Wildman–Crippen MR) is 101 cm³/mol. The largest absolute Gasteiger partial charge is 0.481 e. The maximum atomic E-state index is 12.2. The van der Waals surface area contributed by atoms with Crippen LogP contribution in [0.25, 0.3) is 0 Å². The third-order valence-electron chi connectivity index (χ3n) is 4.66. The zero-order chi connectivity index (χ0) is 22.3. The SMILES string of the molecule is C[C@](O)(CC(=O)O)CC(=O)O[C@@H]1[C@@H](O)[C@H](OCCc2ccccc2)O[C@H](CO)[C@H]1O. The number of carboxylic acids is 1. The van der Waals surface area contributed by atoms with Gasteiger partial charge in [-0.15, -0.1) is 0 Å². The number of rotatable bonds is 10. The first-order valence-corrected chi connectivity index (χ1v) is 9.54. The van der Waals surface area contributed by atoms with E-state index in [0.717, 1.165) is 12.5 Å².